The second kappa shape index (κ2) is 5.91. The first kappa shape index (κ1) is 15.3. The van der Waals surface area contributed by atoms with Gasteiger partial charge in [0.1, 0.15) is 0 Å². The van der Waals surface area contributed by atoms with Crippen molar-refractivity contribution in [2.75, 3.05) is 19.7 Å². The van der Waals surface area contributed by atoms with E-state index in [9.17, 15) is 18.0 Å². The average molecular weight is 313 g/mol. The molecule has 22 heavy (non-hydrogen) atoms. The van der Waals surface area contributed by atoms with Crippen molar-refractivity contribution in [3.05, 3.63) is 35.4 Å². The largest absolute Gasteiger partial charge is 0.416 e. The maximum Gasteiger partial charge on any atom is 0.416 e. The van der Waals surface area contributed by atoms with E-state index in [-0.39, 0.29) is 24.0 Å². The molecular formula is C16H18F3NO2. The van der Waals surface area contributed by atoms with Crippen LogP contribution in [0.5, 0.6) is 0 Å². The van der Waals surface area contributed by atoms with Gasteiger partial charge in [0.2, 0.25) is 5.91 Å². The number of hydrogen-bond donors (Lipinski definition) is 0. The topological polar surface area (TPSA) is 29.5 Å². The SMILES string of the molecule is O=C(Cc1ccccc1C(F)(F)F)N1CCO[C@@H](C2CC2)C1. The summed E-state index contributed by atoms with van der Waals surface area (Å²) in [6, 6.07) is 5.27. The zero-order valence-corrected chi connectivity index (χ0v) is 12.1. The number of rotatable bonds is 3. The van der Waals surface area contributed by atoms with Gasteiger partial charge in [0, 0.05) is 13.1 Å². The summed E-state index contributed by atoms with van der Waals surface area (Å²) in [4.78, 5) is 14.0. The Hall–Kier alpha value is -1.56. The molecule has 1 heterocycles. The molecule has 0 spiro atoms. The van der Waals surface area contributed by atoms with E-state index in [1.165, 1.54) is 18.2 Å². The zero-order valence-electron chi connectivity index (χ0n) is 12.1. The first-order valence-corrected chi connectivity index (χ1v) is 7.49. The van der Waals surface area contributed by atoms with Crippen LogP contribution in [-0.4, -0.2) is 36.6 Å². The highest BCUT2D eigenvalue weighted by Crippen LogP contribution is 2.36. The average Bonchev–Trinajstić information content (AvgIpc) is 3.31. The van der Waals surface area contributed by atoms with E-state index in [1.807, 2.05) is 0 Å². The van der Waals surface area contributed by atoms with E-state index in [1.54, 1.807) is 4.90 Å². The summed E-state index contributed by atoms with van der Waals surface area (Å²) in [5.41, 5.74) is -0.690. The fourth-order valence-corrected chi connectivity index (χ4v) is 2.88. The molecule has 1 saturated heterocycles. The molecule has 3 rings (SSSR count). The number of halogens is 3. The molecule has 1 atom stereocenters. The summed E-state index contributed by atoms with van der Waals surface area (Å²) in [6.45, 7) is 1.42. The minimum absolute atomic E-state index is 0.0365. The second-order valence-electron chi connectivity index (χ2n) is 5.92. The Balaban J connectivity index is 1.69. The molecule has 0 unspecified atom stereocenters. The molecule has 0 bridgehead atoms. The molecule has 0 aromatic heterocycles. The van der Waals surface area contributed by atoms with Gasteiger partial charge in [-0.05, 0) is 30.4 Å². The van der Waals surface area contributed by atoms with Crippen molar-refractivity contribution in [2.45, 2.75) is 31.5 Å². The first-order chi connectivity index (χ1) is 10.4. The van der Waals surface area contributed by atoms with Gasteiger partial charge in [0.05, 0.1) is 24.7 Å². The summed E-state index contributed by atoms with van der Waals surface area (Å²) in [5, 5.41) is 0. The number of carbonyl (C=O) groups excluding carboxylic acids is 1. The van der Waals surface area contributed by atoms with Crippen LogP contribution in [0.1, 0.15) is 24.0 Å². The van der Waals surface area contributed by atoms with Gasteiger partial charge in [-0.15, -0.1) is 0 Å². The third-order valence-electron chi connectivity index (χ3n) is 4.26. The highest BCUT2D eigenvalue weighted by Gasteiger charge is 2.37. The predicted molar refractivity (Wildman–Crippen MR) is 74.2 cm³/mol. The molecule has 1 saturated carbocycles. The monoisotopic (exact) mass is 313 g/mol. The van der Waals surface area contributed by atoms with Crippen LogP contribution >= 0.6 is 0 Å². The Bertz CT molecular complexity index is 555. The summed E-state index contributed by atoms with van der Waals surface area (Å²) < 4.78 is 44.6. The summed E-state index contributed by atoms with van der Waals surface area (Å²) in [6.07, 6.45) is -2.37. The highest BCUT2D eigenvalue weighted by molar-refractivity contribution is 5.79. The van der Waals surface area contributed by atoms with Gasteiger partial charge in [-0.1, -0.05) is 18.2 Å². The lowest BCUT2D eigenvalue weighted by atomic mass is 10.0. The number of benzene rings is 1. The lowest BCUT2D eigenvalue weighted by Crippen LogP contribution is -2.47. The number of alkyl halides is 3. The normalized spacial score (nSPS) is 22.7. The summed E-state index contributed by atoms with van der Waals surface area (Å²) in [7, 11) is 0. The third kappa shape index (κ3) is 3.43. The predicted octanol–water partition coefficient (Wildman–Crippen LogP) is 2.89. The number of nitrogens with zero attached hydrogens (tertiary/aromatic N) is 1. The molecule has 0 radical (unpaired) electrons. The molecular weight excluding hydrogens is 295 g/mol. The van der Waals surface area contributed by atoms with E-state index in [4.69, 9.17) is 4.74 Å². The van der Waals surface area contributed by atoms with Gasteiger partial charge in [0.15, 0.2) is 0 Å². The van der Waals surface area contributed by atoms with Crippen LogP contribution in [0, 0.1) is 5.92 Å². The molecule has 1 aliphatic carbocycles. The molecule has 1 aromatic rings. The van der Waals surface area contributed by atoms with Crippen LogP contribution in [0.15, 0.2) is 24.3 Å². The number of ether oxygens (including phenoxy) is 1. The quantitative estimate of drug-likeness (QED) is 0.859. The number of carbonyl (C=O) groups is 1. The smallest absolute Gasteiger partial charge is 0.374 e. The Kier molecular flexibility index (Phi) is 4.12. The summed E-state index contributed by atoms with van der Waals surface area (Å²) in [5.74, 6) is 0.253. The van der Waals surface area contributed by atoms with E-state index in [0.717, 1.165) is 18.9 Å². The molecule has 2 aliphatic rings. The van der Waals surface area contributed by atoms with E-state index in [2.05, 4.69) is 0 Å². The fraction of sp³-hybridized carbons (Fsp3) is 0.562. The van der Waals surface area contributed by atoms with Crippen molar-refractivity contribution in [1.29, 1.82) is 0 Å². The third-order valence-corrected chi connectivity index (χ3v) is 4.26. The minimum Gasteiger partial charge on any atom is -0.374 e. The second-order valence-corrected chi connectivity index (χ2v) is 5.92. The molecule has 120 valence electrons. The number of morpholine rings is 1. The molecule has 2 fully saturated rings. The van der Waals surface area contributed by atoms with Crippen molar-refractivity contribution in [1.82, 2.24) is 4.90 Å². The Labute approximate surface area is 127 Å². The molecule has 1 amide bonds. The maximum atomic E-state index is 13.0. The first-order valence-electron chi connectivity index (χ1n) is 7.49. The lowest BCUT2D eigenvalue weighted by Gasteiger charge is -2.33. The van der Waals surface area contributed by atoms with Crippen molar-refractivity contribution < 1.29 is 22.7 Å². The standard InChI is InChI=1S/C16H18F3NO2/c17-16(18,19)13-4-2-1-3-12(13)9-15(21)20-7-8-22-14(10-20)11-5-6-11/h1-4,11,14H,5-10H2/t14-/m1/s1. The molecule has 1 aliphatic heterocycles. The van der Waals surface area contributed by atoms with Gasteiger partial charge >= 0.3 is 6.18 Å². The summed E-state index contributed by atoms with van der Waals surface area (Å²) >= 11 is 0. The van der Waals surface area contributed by atoms with Crippen molar-refractivity contribution in [3.8, 4) is 0 Å². The van der Waals surface area contributed by atoms with Crippen molar-refractivity contribution >= 4 is 5.91 Å². The van der Waals surface area contributed by atoms with E-state index >= 15 is 0 Å². The number of amides is 1. The Morgan fingerprint density at radius 1 is 1.27 bits per heavy atom. The molecule has 6 heteroatoms. The Morgan fingerprint density at radius 3 is 2.68 bits per heavy atom. The van der Waals surface area contributed by atoms with Gasteiger partial charge in [-0.2, -0.15) is 13.2 Å². The van der Waals surface area contributed by atoms with Gasteiger partial charge in [0.25, 0.3) is 0 Å². The fourth-order valence-electron chi connectivity index (χ4n) is 2.88. The van der Waals surface area contributed by atoms with Crippen LogP contribution in [0.2, 0.25) is 0 Å². The molecule has 3 nitrogen and oxygen atoms in total. The highest BCUT2D eigenvalue weighted by atomic mass is 19.4. The molecule has 0 N–H and O–H groups in total. The van der Waals surface area contributed by atoms with Crippen LogP contribution in [0.3, 0.4) is 0 Å². The van der Waals surface area contributed by atoms with Crippen LogP contribution in [0.25, 0.3) is 0 Å². The lowest BCUT2D eigenvalue weighted by molar-refractivity contribution is -0.141. The van der Waals surface area contributed by atoms with Crippen molar-refractivity contribution in [2.24, 2.45) is 5.92 Å². The van der Waals surface area contributed by atoms with Crippen LogP contribution < -0.4 is 0 Å². The van der Waals surface area contributed by atoms with Gasteiger partial charge in [-0.25, -0.2) is 0 Å². The van der Waals surface area contributed by atoms with E-state index < -0.39 is 11.7 Å². The molecule has 1 aromatic carbocycles. The van der Waals surface area contributed by atoms with Gasteiger partial charge < -0.3 is 9.64 Å². The number of hydrogen-bond acceptors (Lipinski definition) is 2. The minimum atomic E-state index is -4.43. The van der Waals surface area contributed by atoms with E-state index in [0.29, 0.717) is 25.6 Å². The van der Waals surface area contributed by atoms with Crippen molar-refractivity contribution in [3.63, 3.8) is 0 Å². The van der Waals surface area contributed by atoms with Crippen LogP contribution in [0.4, 0.5) is 13.2 Å². The van der Waals surface area contributed by atoms with Gasteiger partial charge in [-0.3, -0.25) is 4.79 Å². The van der Waals surface area contributed by atoms with Crippen LogP contribution in [-0.2, 0) is 22.1 Å². The Morgan fingerprint density at radius 2 is 2.00 bits per heavy atom. The maximum absolute atomic E-state index is 13.0. The zero-order chi connectivity index (χ0) is 15.7.